The van der Waals surface area contributed by atoms with Crippen LogP contribution in [0.3, 0.4) is 0 Å². The minimum atomic E-state index is -5.08. The second-order valence-electron chi connectivity index (χ2n) is 6.98. The van der Waals surface area contributed by atoms with Gasteiger partial charge < -0.3 is 26.2 Å². The van der Waals surface area contributed by atoms with E-state index in [2.05, 4.69) is 4.98 Å². The number of amides is 2. The first-order valence-electron chi connectivity index (χ1n) is 9.63. The Morgan fingerprint density at radius 1 is 1.32 bits per heavy atom. The molecule has 0 atom stereocenters. The maximum atomic E-state index is 12.7. The number of nitrogens with two attached hydrogens (primary N) is 2. The van der Waals surface area contributed by atoms with Gasteiger partial charge in [-0.25, -0.2) is 27.4 Å². The average Bonchev–Trinajstić information content (AvgIpc) is 2.79. The molecule has 34 heavy (non-hydrogen) atoms. The summed E-state index contributed by atoms with van der Waals surface area (Å²) >= 11 is 0. The zero-order chi connectivity index (χ0) is 26.1. The molecule has 0 unspecified atom stereocenters. The Bertz CT molecular complexity index is 964. The molecule has 0 saturated carbocycles. The second kappa shape index (κ2) is 12.5. The highest BCUT2D eigenvalue weighted by atomic mass is 32.2. The molecule has 0 bridgehead atoms. The first-order chi connectivity index (χ1) is 15.7. The van der Waals surface area contributed by atoms with Gasteiger partial charge in [-0.05, 0) is 18.9 Å². The van der Waals surface area contributed by atoms with Crippen molar-refractivity contribution in [3.63, 3.8) is 0 Å². The van der Waals surface area contributed by atoms with Crippen LogP contribution in [0.2, 0.25) is 0 Å². The molecule has 1 aliphatic rings. The molecule has 192 valence electrons. The minimum Gasteiger partial charge on any atom is -0.475 e. The van der Waals surface area contributed by atoms with E-state index in [0.29, 0.717) is 19.2 Å². The van der Waals surface area contributed by atoms with Crippen molar-refractivity contribution in [2.24, 2.45) is 11.5 Å². The lowest BCUT2D eigenvalue weighted by atomic mass is 10.1. The van der Waals surface area contributed by atoms with Crippen molar-refractivity contribution in [2.75, 3.05) is 33.3 Å². The van der Waals surface area contributed by atoms with Gasteiger partial charge in [0.25, 0.3) is 0 Å². The van der Waals surface area contributed by atoms with Gasteiger partial charge in [-0.1, -0.05) is 0 Å². The van der Waals surface area contributed by atoms with Crippen LogP contribution >= 0.6 is 0 Å². The summed E-state index contributed by atoms with van der Waals surface area (Å²) in [5, 5.41) is 7.12. The summed E-state index contributed by atoms with van der Waals surface area (Å²) in [5.41, 5.74) is 10.9. The predicted octanol–water partition coefficient (Wildman–Crippen LogP) is 1.07. The molecule has 1 fully saturated rings. The van der Waals surface area contributed by atoms with Gasteiger partial charge in [-0.3, -0.25) is 0 Å². The number of pyridine rings is 1. The summed E-state index contributed by atoms with van der Waals surface area (Å²) in [6, 6.07) is 2.19. The van der Waals surface area contributed by atoms with Crippen LogP contribution in [0.15, 0.2) is 35.1 Å². The highest BCUT2D eigenvalue weighted by Crippen LogP contribution is 2.23. The number of aliphatic carboxylic acids is 1. The van der Waals surface area contributed by atoms with Gasteiger partial charge >= 0.3 is 18.2 Å². The van der Waals surface area contributed by atoms with Crippen LogP contribution in [0.1, 0.15) is 12.8 Å². The summed E-state index contributed by atoms with van der Waals surface area (Å²) < 4.78 is 76.3. The minimum absolute atomic E-state index is 0.0177. The number of sulfonamides is 1. The molecule has 2 amide bonds. The van der Waals surface area contributed by atoms with Crippen LogP contribution < -0.4 is 16.2 Å². The quantitative estimate of drug-likeness (QED) is 0.453. The summed E-state index contributed by atoms with van der Waals surface area (Å²) in [5.74, 6) is -2.59. The number of ether oxygens (including phenoxy) is 1. The fourth-order valence-corrected chi connectivity index (χ4v) is 4.12. The molecule has 0 spiro atoms. The van der Waals surface area contributed by atoms with Gasteiger partial charge in [0.05, 0.1) is 12.5 Å². The average molecular weight is 515 g/mol. The number of nitrogens with zero attached hydrogens (tertiary/aromatic N) is 3. The molecule has 2 heterocycles. The van der Waals surface area contributed by atoms with E-state index in [1.807, 2.05) is 0 Å². The van der Waals surface area contributed by atoms with Crippen LogP contribution in [-0.2, 0) is 14.8 Å². The van der Waals surface area contributed by atoms with Gasteiger partial charge in [0, 0.05) is 44.4 Å². The zero-order valence-corrected chi connectivity index (χ0v) is 18.9. The van der Waals surface area contributed by atoms with E-state index in [1.54, 1.807) is 7.05 Å². The first-order valence-corrected chi connectivity index (χ1v) is 11.1. The number of primary amides is 1. The van der Waals surface area contributed by atoms with Crippen LogP contribution in [0, 0.1) is 0 Å². The molecular formula is C18H25F4N5O6S. The van der Waals surface area contributed by atoms with Crippen LogP contribution in [0.25, 0.3) is 0 Å². The Hall–Kier alpha value is -2.98. The lowest BCUT2D eigenvalue weighted by Gasteiger charge is -2.35. The number of carboxylic acids is 1. The lowest BCUT2D eigenvalue weighted by molar-refractivity contribution is -0.192. The highest BCUT2D eigenvalue weighted by Gasteiger charge is 2.38. The fraction of sp³-hybridized carbons (Fsp3) is 0.500. The van der Waals surface area contributed by atoms with Crippen LogP contribution in [0.5, 0.6) is 5.88 Å². The van der Waals surface area contributed by atoms with Crippen LogP contribution in [-0.4, -0.2) is 85.2 Å². The number of rotatable bonds is 7. The number of alkyl halides is 3. The van der Waals surface area contributed by atoms with Crippen molar-refractivity contribution >= 4 is 22.0 Å². The third-order valence-corrected chi connectivity index (χ3v) is 6.61. The smallest absolute Gasteiger partial charge is 0.475 e. The SMILES string of the molecule is CN(C(N)=O)C1CCN(S(=O)(=O)c2ccc(OC/C(=C/F)CN)nc2)CC1.O=C(O)C(F)(F)F. The number of hydrogen-bond donors (Lipinski definition) is 3. The number of aromatic nitrogens is 1. The summed E-state index contributed by atoms with van der Waals surface area (Å²) in [6.07, 6.45) is -2.50. The van der Waals surface area contributed by atoms with Crippen molar-refractivity contribution in [3.05, 3.63) is 30.2 Å². The number of carbonyl (C=O) groups excluding carboxylic acids is 1. The molecular weight excluding hydrogens is 490 g/mol. The number of urea groups is 1. The maximum Gasteiger partial charge on any atom is 0.490 e. The molecule has 0 aliphatic carbocycles. The number of carboxylic acid groups (broad SMARTS) is 1. The third-order valence-electron chi connectivity index (χ3n) is 4.73. The van der Waals surface area contributed by atoms with E-state index in [0.717, 1.165) is 0 Å². The van der Waals surface area contributed by atoms with Crippen LogP contribution in [0.4, 0.5) is 22.4 Å². The van der Waals surface area contributed by atoms with Gasteiger partial charge in [0.2, 0.25) is 15.9 Å². The molecule has 0 radical (unpaired) electrons. The Morgan fingerprint density at radius 3 is 2.26 bits per heavy atom. The van der Waals surface area contributed by atoms with Gasteiger partial charge in [0.15, 0.2) is 0 Å². The largest absolute Gasteiger partial charge is 0.490 e. The van der Waals surface area contributed by atoms with Crippen molar-refractivity contribution in [3.8, 4) is 5.88 Å². The Morgan fingerprint density at radius 2 is 1.88 bits per heavy atom. The molecule has 2 rings (SSSR count). The third kappa shape index (κ3) is 8.42. The second-order valence-corrected chi connectivity index (χ2v) is 8.92. The Kier molecular flexibility index (Phi) is 10.7. The first kappa shape index (κ1) is 29.1. The fourth-order valence-electron chi connectivity index (χ4n) is 2.71. The van der Waals surface area contributed by atoms with Gasteiger partial charge in [-0.2, -0.15) is 17.5 Å². The normalized spacial score (nSPS) is 15.8. The Labute approximate surface area is 193 Å². The van der Waals surface area contributed by atoms with E-state index in [1.165, 1.54) is 27.5 Å². The standard InChI is InChI=1S/C16H24FN5O4S.C2HF3O2/c1-21(16(19)23)13-4-6-22(7-5-13)27(24,25)14-2-3-15(20-10-14)26-11-12(8-17)9-18;3-2(4,5)1(6)7/h2-3,8,10,13H,4-7,9,11,18H2,1H3,(H2,19,23);(H,6,7)/b12-8+;. The Balaban J connectivity index is 0.000000718. The van der Waals surface area contributed by atoms with E-state index < -0.39 is 28.2 Å². The monoisotopic (exact) mass is 515 g/mol. The topological polar surface area (TPSA) is 169 Å². The zero-order valence-electron chi connectivity index (χ0n) is 18.0. The lowest BCUT2D eigenvalue weighted by Crippen LogP contribution is -2.48. The van der Waals surface area contributed by atoms with Gasteiger partial charge in [0.1, 0.15) is 11.5 Å². The molecule has 1 aromatic rings. The van der Waals surface area contributed by atoms with E-state index in [4.69, 9.17) is 26.1 Å². The highest BCUT2D eigenvalue weighted by molar-refractivity contribution is 7.89. The molecule has 1 saturated heterocycles. The van der Waals surface area contributed by atoms with E-state index >= 15 is 0 Å². The summed E-state index contributed by atoms with van der Waals surface area (Å²) in [6.45, 7) is 0.519. The molecule has 16 heteroatoms. The van der Waals surface area contributed by atoms with Crippen molar-refractivity contribution in [1.82, 2.24) is 14.2 Å². The number of hydrogen-bond acceptors (Lipinski definition) is 7. The summed E-state index contributed by atoms with van der Waals surface area (Å²) in [7, 11) is -2.09. The van der Waals surface area contributed by atoms with E-state index in [-0.39, 0.29) is 48.6 Å². The summed E-state index contributed by atoms with van der Waals surface area (Å²) in [4.78, 5) is 25.6. The number of carbonyl (C=O) groups is 2. The van der Waals surface area contributed by atoms with Crippen molar-refractivity contribution < 1.29 is 45.4 Å². The molecule has 1 aromatic heterocycles. The molecule has 0 aromatic carbocycles. The van der Waals surface area contributed by atoms with E-state index in [9.17, 15) is 30.8 Å². The number of piperidine rings is 1. The molecule has 5 N–H and O–H groups in total. The maximum absolute atomic E-state index is 12.7. The van der Waals surface area contributed by atoms with Crippen molar-refractivity contribution in [2.45, 2.75) is 30.0 Å². The van der Waals surface area contributed by atoms with Crippen molar-refractivity contribution in [1.29, 1.82) is 0 Å². The van der Waals surface area contributed by atoms with Gasteiger partial charge in [-0.15, -0.1) is 0 Å². The molecule has 1 aliphatic heterocycles. The number of halogens is 4. The molecule has 11 nitrogen and oxygen atoms in total. The predicted molar refractivity (Wildman–Crippen MR) is 111 cm³/mol.